The highest BCUT2D eigenvalue weighted by atomic mass is 15.1. The molecule has 0 amide bonds. The molecule has 6 aromatic rings. The van der Waals surface area contributed by atoms with Gasteiger partial charge in [-0.05, 0) is 59.7 Å². The fourth-order valence-electron chi connectivity index (χ4n) is 4.99. The Morgan fingerprint density at radius 1 is 0.351 bits per heavy atom. The number of fused-ring (bicyclic) bond motifs is 1. The van der Waals surface area contributed by atoms with Gasteiger partial charge in [-0.2, -0.15) is 0 Å². The van der Waals surface area contributed by atoms with Crippen molar-refractivity contribution in [3.63, 3.8) is 0 Å². The average Bonchev–Trinajstić information content (AvgIpc) is 2.98. The van der Waals surface area contributed by atoms with Crippen molar-refractivity contribution in [3.8, 4) is 11.1 Å². The average molecular weight is 477 g/mol. The first kappa shape index (κ1) is 22.6. The Morgan fingerprint density at radius 3 is 1.38 bits per heavy atom. The zero-order valence-electron chi connectivity index (χ0n) is 20.8. The number of hydrogen-bond acceptors (Lipinski definition) is 2. The van der Waals surface area contributed by atoms with Crippen LogP contribution in [0.3, 0.4) is 0 Å². The van der Waals surface area contributed by atoms with Crippen molar-refractivity contribution in [2.75, 3.05) is 16.8 Å². The summed E-state index contributed by atoms with van der Waals surface area (Å²) in [6, 6.07) is 53.6. The van der Waals surface area contributed by atoms with Gasteiger partial charge in [-0.1, -0.05) is 103 Å². The minimum absolute atomic E-state index is 1.14. The fraction of sp³-hybridized carbons (Fsp3) is 0.0286. The van der Waals surface area contributed by atoms with Gasteiger partial charge in [0.2, 0.25) is 0 Å². The SMILES string of the molecule is CN(c1ccc(-c2ccccc2)cc1)c1cccc2c(N(c3ccccc3)c3ccccc3)cccc12. The molecule has 0 spiro atoms. The lowest BCUT2D eigenvalue weighted by molar-refractivity contribution is 1.22. The molecule has 0 N–H and O–H groups in total. The van der Waals surface area contributed by atoms with E-state index in [4.69, 9.17) is 0 Å². The van der Waals surface area contributed by atoms with Crippen molar-refractivity contribution in [1.82, 2.24) is 0 Å². The van der Waals surface area contributed by atoms with Gasteiger partial charge < -0.3 is 9.80 Å². The van der Waals surface area contributed by atoms with Gasteiger partial charge in [0, 0.05) is 40.6 Å². The Kier molecular flexibility index (Phi) is 6.14. The number of anilines is 5. The summed E-state index contributed by atoms with van der Waals surface area (Å²) >= 11 is 0. The predicted molar refractivity (Wildman–Crippen MR) is 159 cm³/mol. The standard InChI is InChI=1S/C35H28N2/c1-36(29-25-23-28(24-26-29)27-13-5-2-6-14-27)34-21-11-20-33-32(34)19-12-22-35(33)37(30-15-7-3-8-16-30)31-17-9-4-10-18-31/h2-26H,1H3. The van der Waals surface area contributed by atoms with Crippen LogP contribution in [0.1, 0.15) is 0 Å². The summed E-state index contributed by atoms with van der Waals surface area (Å²) < 4.78 is 0. The Labute approximate surface area is 218 Å². The number of benzene rings is 6. The number of hydrogen-bond donors (Lipinski definition) is 0. The van der Waals surface area contributed by atoms with Gasteiger partial charge in [0.05, 0.1) is 5.69 Å². The zero-order chi connectivity index (χ0) is 25.0. The molecule has 6 aromatic carbocycles. The number of nitrogens with zero attached hydrogens (tertiary/aromatic N) is 2. The second kappa shape index (κ2) is 10.0. The number of rotatable bonds is 6. The third-order valence-electron chi connectivity index (χ3n) is 6.87. The molecule has 0 aromatic heterocycles. The summed E-state index contributed by atoms with van der Waals surface area (Å²) in [6.45, 7) is 0. The van der Waals surface area contributed by atoms with Crippen LogP contribution in [0.25, 0.3) is 21.9 Å². The molecule has 0 atom stereocenters. The van der Waals surface area contributed by atoms with Crippen LogP contribution in [0.5, 0.6) is 0 Å². The normalized spacial score (nSPS) is 10.8. The molecule has 0 fully saturated rings. The van der Waals surface area contributed by atoms with E-state index in [0.29, 0.717) is 0 Å². The lowest BCUT2D eigenvalue weighted by Crippen LogP contribution is -2.12. The molecule has 6 rings (SSSR count). The van der Waals surface area contributed by atoms with Gasteiger partial charge in [0.1, 0.15) is 0 Å². The molecule has 2 heteroatoms. The van der Waals surface area contributed by atoms with Crippen molar-refractivity contribution in [2.45, 2.75) is 0 Å². The van der Waals surface area contributed by atoms with Gasteiger partial charge in [0.15, 0.2) is 0 Å². The number of para-hydroxylation sites is 2. The summed E-state index contributed by atoms with van der Waals surface area (Å²) in [5.74, 6) is 0. The highest BCUT2D eigenvalue weighted by Gasteiger charge is 2.17. The largest absolute Gasteiger partial charge is 0.344 e. The van der Waals surface area contributed by atoms with Gasteiger partial charge in [-0.25, -0.2) is 0 Å². The van der Waals surface area contributed by atoms with E-state index in [1.54, 1.807) is 0 Å². The van der Waals surface area contributed by atoms with Gasteiger partial charge in [-0.3, -0.25) is 0 Å². The molecule has 0 radical (unpaired) electrons. The van der Waals surface area contributed by atoms with Crippen molar-refractivity contribution < 1.29 is 0 Å². The second-order valence-electron chi connectivity index (χ2n) is 9.13. The minimum atomic E-state index is 1.14. The third-order valence-corrected chi connectivity index (χ3v) is 6.87. The van der Waals surface area contributed by atoms with Crippen LogP contribution in [-0.2, 0) is 0 Å². The highest BCUT2D eigenvalue weighted by Crippen LogP contribution is 2.41. The van der Waals surface area contributed by atoms with E-state index >= 15 is 0 Å². The zero-order valence-corrected chi connectivity index (χ0v) is 20.8. The first-order chi connectivity index (χ1) is 18.3. The first-order valence-electron chi connectivity index (χ1n) is 12.6. The molecule has 0 unspecified atom stereocenters. The van der Waals surface area contributed by atoms with E-state index in [1.807, 2.05) is 0 Å². The van der Waals surface area contributed by atoms with Crippen molar-refractivity contribution in [3.05, 3.63) is 152 Å². The third kappa shape index (κ3) is 4.46. The smallest absolute Gasteiger partial charge is 0.0540 e. The molecule has 37 heavy (non-hydrogen) atoms. The molecule has 0 saturated carbocycles. The van der Waals surface area contributed by atoms with Gasteiger partial charge in [-0.15, -0.1) is 0 Å². The monoisotopic (exact) mass is 476 g/mol. The van der Waals surface area contributed by atoms with Crippen molar-refractivity contribution in [1.29, 1.82) is 0 Å². The molecular weight excluding hydrogens is 448 g/mol. The maximum Gasteiger partial charge on any atom is 0.0540 e. The quantitative estimate of drug-likeness (QED) is 0.236. The molecule has 0 bridgehead atoms. The highest BCUT2D eigenvalue weighted by molar-refractivity contribution is 6.05. The van der Waals surface area contributed by atoms with Crippen molar-refractivity contribution in [2.24, 2.45) is 0 Å². The Bertz CT molecular complexity index is 1570. The van der Waals surface area contributed by atoms with Crippen LogP contribution >= 0.6 is 0 Å². The van der Waals surface area contributed by atoms with E-state index in [1.165, 1.54) is 27.6 Å². The van der Waals surface area contributed by atoms with E-state index in [0.717, 1.165) is 22.7 Å². The molecule has 0 aliphatic rings. The lowest BCUT2D eigenvalue weighted by Gasteiger charge is -2.28. The second-order valence-corrected chi connectivity index (χ2v) is 9.13. The van der Waals surface area contributed by atoms with Gasteiger partial charge in [0.25, 0.3) is 0 Å². The topological polar surface area (TPSA) is 6.48 Å². The summed E-state index contributed by atoms with van der Waals surface area (Å²) in [4.78, 5) is 4.61. The van der Waals surface area contributed by atoms with Gasteiger partial charge >= 0.3 is 0 Å². The Balaban J connectivity index is 1.43. The summed E-state index contributed by atoms with van der Waals surface area (Å²) in [5.41, 5.74) is 8.21. The van der Waals surface area contributed by atoms with Crippen LogP contribution in [0.15, 0.2) is 152 Å². The maximum absolute atomic E-state index is 2.33. The van der Waals surface area contributed by atoms with E-state index in [9.17, 15) is 0 Å². The van der Waals surface area contributed by atoms with Crippen molar-refractivity contribution >= 4 is 39.2 Å². The first-order valence-corrected chi connectivity index (χ1v) is 12.6. The molecule has 0 heterocycles. The van der Waals surface area contributed by atoms with Crippen LogP contribution < -0.4 is 9.80 Å². The molecule has 0 aliphatic heterocycles. The van der Waals surface area contributed by atoms with E-state index in [-0.39, 0.29) is 0 Å². The molecular formula is C35H28N2. The van der Waals surface area contributed by atoms with Crippen LogP contribution in [-0.4, -0.2) is 7.05 Å². The molecule has 0 aliphatic carbocycles. The van der Waals surface area contributed by atoms with Crippen LogP contribution in [0, 0.1) is 0 Å². The van der Waals surface area contributed by atoms with Crippen LogP contribution in [0.4, 0.5) is 28.4 Å². The summed E-state index contributed by atoms with van der Waals surface area (Å²) in [6.07, 6.45) is 0. The Morgan fingerprint density at radius 2 is 0.811 bits per heavy atom. The predicted octanol–water partition coefficient (Wildman–Crippen LogP) is 9.74. The molecule has 2 nitrogen and oxygen atoms in total. The fourth-order valence-corrected chi connectivity index (χ4v) is 4.99. The summed E-state index contributed by atoms with van der Waals surface area (Å²) in [5, 5.41) is 2.42. The minimum Gasteiger partial charge on any atom is -0.344 e. The molecule has 0 saturated heterocycles. The Hall–Kier alpha value is -4.82. The lowest BCUT2D eigenvalue weighted by atomic mass is 10.0. The van der Waals surface area contributed by atoms with E-state index < -0.39 is 0 Å². The summed E-state index contributed by atoms with van der Waals surface area (Å²) in [7, 11) is 2.14. The van der Waals surface area contributed by atoms with Crippen LogP contribution in [0.2, 0.25) is 0 Å². The maximum atomic E-state index is 2.33. The molecule has 178 valence electrons. The van der Waals surface area contributed by atoms with E-state index in [2.05, 4.69) is 169 Å².